The Morgan fingerprint density at radius 3 is 2.69 bits per heavy atom. The molecule has 0 saturated carbocycles. The maximum Gasteiger partial charge on any atom is 0.387 e. The minimum Gasteiger partial charge on any atom is -0.454 e. The average molecular weight is 457 g/mol. The van der Waals surface area contributed by atoms with E-state index in [1.165, 1.54) is 40.2 Å². The molecule has 3 aromatic heterocycles. The van der Waals surface area contributed by atoms with Crippen molar-refractivity contribution in [3.05, 3.63) is 87.5 Å². The second-order valence-electron chi connectivity index (χ2n) is 6.71. The normalized spacial score (nSPS) is 11.0. The summed E-state index contributed by atoms with van der Waals surface area (Å²) in [5.74, 6) is 0.131. The molecular formula is C22H17F2N3O4S. The number of aryl methyl sites for hydroxylation is 1. The Morgan fingerprint density at radius 2 is 1.97 bits per heavy atom. The van der Waals surface area contributed by atoms with E-state index in [0.29, 0.717) is 22.1 Å². The maximum absolute atomic E-state index is 12.6. The van der Waals surface area contributed by atoms with E-state index in [9.17, 15) is 18.4 Å². The quantitative estimate of drug-likeness (QED) is 0.432. The van der Waals surface area contributed by atoms with Gasteiger partial charge in [-0.2, -0.15) is 8.78 Å². The summed E-state index contributed by atoms with van der Waals surface area (Å²) in [6, 6.07) is 14.1. The molecule has 32 heavy (non-hydrogen) atoms. The zero-order chi connectivity index (χ0) is 22.7. The Balaban J connectivity index is 1.45. The predicted octanol–water partition coefficient (Wildman–Crippen LogP) is 4.78. The first kappa shape index (κ1) is 21.4. The Labute approximate surface area is 184 Å². The molecular weight excluding hydrogens is 440 g/mol. The summed E-state index contributed by atoms with van der Waals surface area (Å²) in [6.07, 6.45) is 1.64. The van der Waals surface area contributed by atoms with Crippen LogP contribution in [0.4, 0.5) is 13.9 Å². The van der Waals surface area contributed by atoms with Gasteiger partial charge in [-0.25, -0.2) is 4.98 Å². The summed E-state index contributed by atoms with van der Waals surface area (Å²) in [5, 5.41) is 3.07. The highest BCUT2D eigenvalue weighted by atomic mass is 32.1. The van der Waals surface area contributed by atoms with Crippen molar-refractivity contribution in [2.45, 2.75) is 20.1 Å². The number of aromatic nitrogens is 2. The SMILES string of the molecule is Cc1sc(NC(=O)c2ccc(Cn3ccccc3=O)o2)nc1-c1ccc(OC(F)F)cc1. The van der Waals surface area contributed by atoms with Crippen LogP contribution in [0, 0.1) is 6.92 Å². The fraction of sp³-hybridized carbons (Fsp3) is 0.136. The van der Waals surface area contributed by atoms with E-state index in [1.807, 2.05) is 6.92 Å². The molecule has 0 bridgehead atoms. The van der Waals surface area contributed by atoms with Gasteiger partial charge in [0.05, 0.1) is 12.2 Å². The van der Waals surface area contributed by atoms with Gasteiger partial charge in [0.25, 0.3) is 11.5 Å². The number of hydrogen-bond acceptors (Lipinski definition) is 6. The van der Waals surface area contributed by atoms with Gasteiger partial charge in [0, 0.05) is 22.7 Å². The van der Waals surface area contributed by atoms with Crippen molar-refractivity contribution in [1.82, 2.24) is 9.55 Å². The Hall–Kier alpha value is -3.79. The second kappa shape index (κ2) is 9.15. The number of thiazole rings is 1. The lowest BCUT2D eigenvalue weighted by Gasteiger charge is -2.05. The van der Waals surface area contributed by atoms with Crippen LogP contribution in [-0.2, 0) is 6.54 Å². The van der Waals surface area contributed by atoms with Crippen LogP contribution < -0.4 is 15.6 Å². The van der Waals surface area contributed by atoms with Gasteiger partial charge in [0.1, 0.15) is 11.5 Å². The van der Waals surface area contributed by atoms with Crippen molar-refractivity contribution < 1.29 is 22.7 Å². The minimum atomic E-state index is -2.89. The molecule has 0 unspecified atom stereocenters. The highest BCUT2D eigenvalue weighted by Gasteiger charge is 2.16. The number of pyridine rings is 1. The molecule has 1 amide bonds. The van der Waals surface area contributed by atoms with Gasteiger partial charge in [0.2, 0.25) is 0 Å². The summed E-state index contributed by atoms with van der Waals surface area (Å²) in [6.45, 7) is -0.840. The lowest BCUT2D eigenvalue weighted by Crippen LogP contribution is -2.18. The van der Waals surface area contributed by atoms with Crippen molar-refractivity contribution in [1.29, 1.82) is 0 Å². The highest BCUT2D eigenvalue weighted by molar-refractivity contribution is 7.16. The lowest BCUT2D eigenvalue weighted by atomic mass is 10.1. The van der Waals surface area contributed by atoms with Crippen LogP contribution in [0.3, 0.4) is 0 Å². The number of alkyl halides is 2. The van der Waals surface area contributed by atoms with Crippen LogP contribution in [-0.4, -0.2) is 22.1 Å². The first-order valence-electron chi connectivity index (χ1n) is 9.47. The number of benzene rings is 1. The molecule has 1 N–H and O–H groups in total. The van der Waals surface area contributed by atoms with Crippen molar-refractivity contribution in [2.24, 2.45) is 0 Å². The monoisotopic (exact) mass is 457 g/mol. The van der Waals surface area contributed by atoms with Crippen molar-refractivity contribution in [3.8, 4) is 17.0 Å². The first-order chi connectivity index (χ1) is 15.4. The molecule has 0 aliphatic rings. The van der Waals surface area contributed by atoms with Crippen molar-refractivity contribution in [3.63, 3.8) is 0 Å². The van der Waals surface area contributed by atoms with Gasteiger partial charge in [-0.1, -0.05) is 6.07 Å². The van der Waals surface area contributed by atoms with Crippen LogP contribution in [0.25, 0.3) is 11.3 Å². The van der Waals surface area contributed by atoms with Crippen LogP contribution in [0.5, 0.6) is 5.75 Å². The summed E-state index contributed by atoms with van der Waals surface area (Å²) >= 11 is 1.28. The first-order valence-corrected chi connectivity index (χ1v) is 10.3. The number of nitrogens with zero attached hydrogens (tertiary/aromatic N) is 2. The van der Waals surface area contributed by atoms with E-state index in [1.54, 1.807) is 36.5 Å². The number of nitrogens with one attached hydrogen (secondary N) is 1. The van der Waals surface area contributed by atoms with Crippen molar-refractivity contribution in [2.75, 3.05) is 5.32 Å². The fourth-order valence-electron chi connectivity index (χ4n) is 3.01. The molecule has 164 valence electrons. The smallest absolute Gasteiger partial charge is 0.387 e. The Bertz CT molecular complexity index is 1300. The summed E-state index contributed by atoms with van der Waals surface area (Å²) in [5.41, 5.74) is 1.15. The number of halogens is 2. The van der Waals surface area contributed by atoms with Crippen LogP contribution in [0.2, 0.25) is 0 Å². The molecule has 4 rings (SSSR count). The highest BCUT2D eigenvalue weighted by Crippen LogP contribution is 2.31. The third-order valence-electron chi connectivity index (χ3n) is 4.48. The number of carbonyl (C=O) groups is 1. The maximum atomic E-state index is 12.6. The number of anilines is 1. The predicted molar refractivity (Wildman–Crippen MR) is 115 cm³/mol. The molecule has 0 aliphatic carbocycles. The van der Waals surface area contributed by atoms with Gasteiger partial charge in [-0.3, -0.25) is 14.9 Å². The molecule has 3 heterocycles. The zero-order valence-corrected chi connectivity index (χ0v) is 17.6. The summed E-state index contributed by atoms with van der Waals surface area (Å²) in [4.78, 5) is 29.6. The van der Waals surface area contributed by atoms with Gasteiger partial charge in [-0.15, -0.1) is 11.3 Å². The molecule has 0 atom stereocenters. The zero-order valence-electron chi connectivity index (χ0n) is 16.7. The fourth-order valence-corrected chi connectivity index (χ4v) is 3.85. The minimum absolute atomic E-state index is 0.0524. The van der Waals surface area contributed by atoms with Crippen LogP contribution in [0.1, 0.15) is 21.2 Å². The number of furan rings is 1. The molecule has 0 aliphatic heterocycles. The number of rotatable bonds is 7. The number of carbonyl (C=O) groups excluding carboxylic acids is 1. The van der Waals surface area contributed by atoms with E-state index < -0.39 is 12.5 Å². The largest absolute Gasteiger partial charge is 0.454 e. The van der Waals surface area contributed by atoms with E-state index in [0.717, 1.165) is 4.88 Å². The number of hydrogen-bond donors (Lipinski definition) is 1. The molecule has 1 aromatic carbocycles. The van der Waals surface area contributed by atoms with E-state index in [2.05, 4.69) is 15.0 Å². The molecule has 0 fully saturated rings. The topological polar surface area (TPSA) is 86.4 Å². The van der Waals surface area contributed by atoms with Crippen molar-refractivity contribution >= 4 is 22.4 Å². The number of ether oxygens (including phenoxy) is 1. The molecule has 0 saturated heterocycles. The molecule has 0 spiro atoms. The molecule has 0 radical (unpaired) electrons. The van der Waals surface area contributed by atoms with Gasteiger partial charge in [0.15, 0.2) is 10.9 Å². The van der Waals surface area contributed by atoms with E-state index in [4.69, 9.17) is 4.42 Å². The molecule has 7 nitrogen and oxygen atoms in total. The average Bonchev–Trinajstić information content (AvgIpc) is 3.36. The van der Waals surface area contributed by atoms with Gasteiger partial charge in [-0.05, 0) is 49.4 Å². The summed E-state index contributed by atoms with van der Waals surface area (Å²) < 4.78 is 36.0. The number of amides is 1. The Kier molecular flexibility index (Phi) is 6.13. The van der Waals surface area contributed by atoms with Crippen LogP contribution in [0.15, 0.2) is 70.0 Å². The molecule has 10 heteroatoms. The lowest BCUT2D eigenvalue weighted by molar-refractivity contribution is -0.0498. The second-order valence-corrected chi connectivity index (χ2v) is 7.92. The van der Waals surface area contributed by atoms with Gasteiger partial charge < -0.3 is 13.7 Å². The van der Waals surface area contributed by atoms with Crippen LogP contribution >= 0.6 is 11.3 Å². The van der Waals surface area contributed by atoms with E-state index >= 15 is 0 Å². The molecule has 4 aromatic rings. The third kappa shape index (κ3) is 4.92. The third-order valence-corrected chi connectivity index (χ3v) is 5.37. The Morgan fingerprint density at radius 1 is 1.19 bits per heavy atom. The summed E-state index contributed by atoms with van der Waals surface area (Å²) in [7, 11) is 0. The van der Waals surface area contributed by atoms with E-state index in [-0.39, 0.29) is 23.6 Å². The standard InChI is InChI=1S/C22H17F2N3O4S/c1-13-19(14-5-7-15(8-6-14)31-21(23)24)25-22(32-13)26-20(29)17-10-9-16(30-17)12-27-11-3-2-4-18(27)28/h2-11,21H,12H2,1H3,(H,25,26,29). The van der Waals surface area contributed by atoms with Gasteiger partial charge >= 0.3 is 6.61 Å².